The maximum Gasteiger partial charge on any atom is 0.330 e. The van der Waals surface area contributed by atoms with Gasteiger partial charge in [-0.1, -0.05) is 107 Å². The number of hydrogen-bond donors (Lipinski definition) is 1. The van der Waals surface area contributed by atoms with Crippen molar-refractivity contribution in [2.45, 2.75) is 232 Å². The molecule has 0 bridgehead atoms. The first kappa shape index (κ1) is 87.8. The number of esters is 5. The SMILES string of the molecule is C=CC(=O)OC1CCC(c2ccc(OCCCCCCOC(=O)C(CC)CC(C)C(=O)OCCCCCCOc3ccc(-c4ccc(C#N)cc4)cc3)cc2)CC1.CCC(CC(C)C(=O)OCCCCCCOc1ccc(-c2ccc(C#N)cc2)cc1)C(=O)OCCCCCCOc1ccc(C2CCC(O)CC2)cc1. The molecule has 0 heterocycles. The predicted molar refractivity (Wildman–Crippen MR) is 429 cm³/mol. The standard InChI is InChI=1S/C48H61NO8.C45H59NO7/c1-4-38(34-36(3)47(51)55-32-12-8-6-10-30-53-43-24-18-40(19-25-43)39-16-14-37(35-49)15-17-39)48(52)56-33-13-9-7-11-31-54-44-26-20-41(21-27-44)42-22-28-45(29-23-42)57-46(50)5-2;1-3-36(45(49)53-31-11-7-5-9-29-51-43-26-20-40(21-27-43)38-16-22-41(47)23-17-38)32-34(2)44(48)52-30-10-6-4-8-28-50-42-24-18-39(19-25-42)37-14-12-35(33-46)13-15-37/h5,14-21,24-27,36,38,42,45H,2,4,6-13,22-23,28-34H2,1,3H3;12-15,18-21,24-27,34,36,38,41,47H,3-11,16-17,22-23,28-32H2,1-2H3. The molecule has 6 aromatic rings. The highest BCUT2D eigenvalue weighted by atomic mass is 16.6. The maximum atomic E-state index is 12.7. The van der Waals surface area contributed by atoms with E-state index in [0.717, 1.165) is 199 Å². The Morgan fingerprint density at radius 2 is 0.664 bits per heavy atom. The minimum atomic E-state index is -0.369. The molecule has 17 heteroatoms. The molecule has 0 amide bonds. The molecule has 8 rings (SSSR count). The number of benzene rings is 6. The van der Waals surface area contributed by atoms with Crippen molar-refractivity contribution < 1.29 is 71.7 Å². The first-order valence-corrected chi connectivity index (χ1v) is 40.7. The van der Waals surface area contributed by atoms with Gasteiger partial charge in [0, 0.05) is 6.08 Å². The summed E-state index contributed by atoms with van der Waals surface area (Å²) in [5, 5.41) is 27.7. The molecule has 2 saturated carbocycles. The highest BCUT2D eigenvalue weighted by Gasteiger charge is 2.28. The van der Waals surface area contributed by atoms with Crippen LogP contribution in [-0.2, 0) is 47.7 Å². The minimum Gasteiger partial charge on any atom is -0.494 e. The Morgan fingerprint density at radius 1 is 0.391 bits per heavy atom. The van der Waals surface area contributed by atoms with Gasteiger partial charge in [0.15, 0.2) is 0 Å². The molecule has 4 unspecified atom stereocenters. The Hall–Kier alpha value is -9.45. The first-order chi connectivity index (χ1) is 53.6. The summed E-state index contributed by atoms with van der Waals surface area (Å²) in [6.07, 6.45) is 25.4. The van der Waals surface area contributed by atoms with Crippen LogP contribution in [0.3, 0.4) is 0 Å². The van der Waals surface area contributed by atoms with Gasteiger partial charge in [-0.3, -0.25) is 19.2 Å². The van der Waals surface area contributed by atoms with Crippen molar-refractivity contribution in [3.63, 3.8) is 0 Å². The van der Waals surface area contributed by atoms with Gasteiger partial charge < -0.3 is 47.7 Å². The van der Waals surface area contributed by atoms with Crippen LogP contribution in [0.15, 0.2) is 158 Å². The second kappa shape index (κ2) is 51.1. The number of carbonyl (C=O) groups is 5. The Balaban J connectivity index is 0.000000307. The molecule has 0 aliphatic heterocycles. The van der Waals surface area contributed by atoms with Gasteiger partial charge in [0.2, 0.25) is 0 Å². The summed E-state index contributed by atoms with van der Waals surface area (Å²) in [4.78, 5) is 62.1. The van der Waals surface area contributed by atoms with Crippen molar-refractivity contribution in [1.82, 2.24) is 0 Å². The van der Waals surface area contributed by atoms with E-state index in [0.29, 0.717) is 102 Å². The van der Waals surface area contributed by atoms with Crippen LogP contribution >= 0.6 is 0 Å². The smallest absolute Gasteiger partial charge is 0.330 e. The van der Waals surface area contributed by atoms with E-state index >= 15 is 0 Å². The van der Waals surface area contributed by atoms with Gasteiger partial charge in [0.25, 0.3) is 0 Å². The van der Waals surface area contributed by atoms with Crippen molar-refractivity contribution in [3.8, 4) is 57.4 Å². The third-order valence-corrected chi connectivity index (χ3v) is 20.9. The van der Waals surface area contributed by atoms with Gasteiger partial charge >= 0.3 is 29.8 Å². The van der Waals surface area contributed by atoms with E-state index in [2.05, 4.69) is 43.0 Å². The van der Waals surface area contributed by atoms with Crippen LogP contribution in [-0.4, -0.2) is 100 Å². The number of nitrogens with zero attached hydrogens (tertiary/aromatic N) is 2. The highest BCUT2D eigenvalue weighted by Crippen LogP contribution is 2.37. The molecular weight excluding hydrogens is 1390 g/mol. The van der Waals surface area contributed by atoms with E-state index in [1.807, 2.05) is 149 Å². The molecule has 17 nitrogen and oxygen atoms in total. The predicted octanol–water partition coefficient (Wildman–Crippen LogP) is 20.7. The second-order valence-corrected chi connectivity index (χ2v) is 29.4. The molecule has 592 valence electrons. The van der Waals surface area contributed by atoms with E-state index in [-0.39, 0.29) is 65.7 Å². The largest absolute Gasteiger partial charge is 0.494 e. The van der Waals surface area contributed by atoms with Crippen LogP contribution in [0.5, 0.6) is 23.0 Å². The topological polar surface area (TPSA) is 236 Å². The fraction of sp³-hybridized carbons (Fsp3) is 0.516. The second-order valence-electron chi connectivity index (χ2n) is 29.4. The lowest BCUT2D eigenvalue weighted by Gasteiger charge is -2.28. The van der Waals surface area contributed by atoms with Crippen LogP contribution in [0.4, 0.5) is 0 Å². The average molecular weight is 1510 g/mol. The van der Waals surface area contributed by atoms with Crippen LogP contribution in [0.25, 0.3) is 22.3 Å². The Labute approximate surface area is 654 Å². The van der Waals surface area contributed by atoms with Crippen molar-refractivity contribution >= 4 is 29.8 Å². The number of ether oxygens (including phenoxy) is 9. The minimum absolute atomic E-state index is 0.00673. The Kier molecular flexibility index (Phi) is 40.8. The average Bonchev–Trinajstić information content (AvgIpc) is 0.871. The summed E-state index contributed by atoms with van der Waals surface area (Å²) in [6, 6.07) is 52.0. The monoisotopic (exact) mass is 1500 g/mol. The maximum absolute atomic E-state index is 12.7. The molecule has 2 fully saturated rings. The fourth-order valence-corrected chi connectivity index (χ4v) is 13.9. The lowest BCUT2D eigenvalue weighted by molar-refractivity contribution is -0.154. The number of aliphatic hydroxyl groups is 1. The third kappa shape index (κ3) is 33.0. The van der Waals surface area contributed by atoms with Gasteiger partial charge in [-0.15, -0.1) is 0 Å². The van der Waals surface area contributed by atoms with Crippen molar-refractivity contribution in [2.75, 3.05) is 52.9 Å². The molecule has 1 N–H and O–H groups in total. The number of unbranched alkanes of at least 4 members (excludes halogenated alkanes) is 12. The van der Waals surface area contributed by atoms with Crippen LogP contribution < -0.4 is 18.9 Å². The molecule has 110 heavy (non-hydrogen) atoms. The van der Waals surface area contributed by atoms with Gasteiger partial charge in [0.05, 0.1) is 106 Å². The van der Waals surface area contributed by atoms with Crippen LogP contribution in [0.1, 0.15) is 242 Å². The molecule has 0 radical (unpaired) electrons. The third-order valence-electron chi connectivity index (χ3n) is 20.9. The summed E-state index contributed by atoms with van der Waals surface area (Å²) in [7, 11) is 0. The zero-order valence-corrected chi connectivity index (χ0v) is 65.8. The zero-order valence-electron chi connectivity index (χ0n) is 65.8. The van der Waals surface area contributed by atoms with E-state index in [9.17, 15) is 29.1 Å². The Morgan fingerprint density at radius 3 is 0.955 bits per heavy atom. The number of aliphatic hydroxyl groups excluding tert-OH is 1. The highest BCUT2D eigenvalue weighted by molar-refractivity contribution is 5.81. The lowest BCUT2D eigenvalue weighted by atomic mass is 9.83. The fourth-order valence-electron chi connectivity index (χ4n) is 13.9. The molecule has 0 spiro atoms. The molecule has 6 aromatic carbocycles. The molecule has 0 saturated heterocycles. The summed E-state index contributed by atoms with van der Waals surface area (Å²) < 4.78 is 51.2. The summed E-state index contributed by atoms with van der Waals surface area (Å²) in [6.45, 7) is 15.1. The van der Waals surface area contributed by atoms with Crippen molar-refractivity contribution in [2.24, 2.45) is 23.7 Å². The van der Waals surface area contributed by atoms with E-state index < -0.39 is 0 Å². The Bertz CT molecular complexity index is 3700. The van der Waals surface area contributed by atoms with E-state index in [1.54, 1.807) is 0 Å². The van der Waals surface area contributed by atoms with Gasteiger partial charge in [-0.25, -0.2) is 4.79 Å². The molecule has 4 atom stereocenters. The first-order valence-electron chi connectivity index (χ1n) is 40.7. The number of carbonyl (C=O) groups excluding carboxylic acids is 5. The molecule has 2 aliphatic rings. The van der Waals surface area contributed by atoms with E-state index in [4.69, 9.17) is 53.2 Å². The van der Waals surface area contributed by atoms with Crippen LogP contribution in [0.2, 0.25) is 0 Å². The molecule has 0 aromatic heterocycles. The lowest BCUT2D eigenvalue weighted by Crippen LogP contribution is -2.24. The zero-order chi connectivity index (χ0) is 78.3. The molecule has 2 aliphatic carbocycles. The molecular formula is C93H120N2O15. The van der Waals surface area contributed by atoms with Gasteiger partial charge in [-0.05, 0) is 298 Å². The summed E-state index contributed by atoms with van der Waals surface area (Å²) in [5.74, 6) is 1.73. The van der Waals surface area contributed by atoms with Crippen LogP contribution in [0, 0.1) is 46.3 Å². The number of rotatable bonds is 48. The quantitative estimate of drug-likeness (QED) is 0.0162. The van der Waals surface area contributed by atoms with Gasteiger partial charge in [-0.2, -0.15) is 10.5 Å². The number of hydrogen-bond acceptors (Lipinski definition) is 17. The van der Waals surface area contributed by atoms with Crippen molar-refractivity contribution in [1.29, 1.82) is 10.5 Å². The number of nitriles is 2. The normalized spacial score (nSPS) is 16.3. The summed E-state index contributed by atoms with van der Waals surface area (Å²) >= 11 is 0. The van der Waals surface area contributed by atoms with E-state index in [1.165, 1.54) is 17.2 Å². The van der Waals surface area contributed by atoms with Gasteiger partial charge in [0.1, 0.15) is 29.1 Å². The summed E-state index contributed by atoms with van der Waals surface area (Å²) in [5.41, 5.74) is 8.19. The van der Waals surface area contributed by atoms with Crippen molar-refractivity contribution in [3.05, 3.63) is 181 Å².